The van der Waals surface area contributed by atoms with Crippen LogP contribution in [0.5, 0.6) is 5.75 Å². The Hall–Kier alpha value is -2.29. The highest BCUT2D eigenvalue weighted by Crippen LogP contribution is 2.43. The van der Waals surface area contributed by atoms with Crippen LogP contribution >= 0.6 is 0 Å². The maximum absolute atomic E-state index is 11.5. The third kappa shape index (κ3) is 5.87. The Kier molecular flexibility index (Phi) is 7.95. The molecule has 1 saturated carbocycles. The van der Waals surface area contributed by atoms with E-state index in [1.807, 2.05) is 0 Å². The molecule has 0 amide bonds. The number of hydrogen-bond acceptors (Lipinski definition) is 2. The fraction of sp³-hybridized carbons (Fsp3) is 0.519. The first-order valence-corrected chi connectivity index (χ1v) is 11.5. The van der Waals surface area contributed by atoms with E-state index in [1.54, 1.807) is 0 Å². The van der Waals surface area contributed by atoms with Crippen molar-refractivity contribution in [2.45, 2.75) is 77.7 Å². The van der Waals surface area contributed by atoms with Gasteiger partial charge in [0.1, 0.15) is 5.75 Å². The van der Waals surface area contributed by atoms with Gasteiger partial charge in [-0.05, 0) is 93.0 Å². The number of benzene rings is 2. The number of carbonyl (C=O) groups is 1. The van der Waals surface area contributed by atoms with Gasteiger partial charge in [-0.15, -0.1) is 0 Å². The van der Waals surface area contributed by atoms with Crippen molar-refractivity contribution in [3.63, 3.8) is 0 Å². The second-order valence-corrected chi connectivity index (χ2v) is 8.95. The van der Waals surface area contributed by atoms with Gasteiger partial charge in [-0.2, -0.15) is 0 Å². The monoisotopic (exact) mass is 408 g/mol. The van der Waals surface area contributed by atoms with Crippen LogP contribution in [0.3, 0.4) is 0 Å². The molecule has 2 aromatic rings. The first kappa shape index (κ1) is 22.4. The molecule has 162 valence electrons. The molecular weight excluding hydrogens is 372 g/mol. The van der Waals surface area contributed by atoms with Gasteiger partial charge in [0.15, 0.2) is 0 Å². The summed E-state index contributed by atoms with van der Waals surface area (Å²) in [4.78, 5) is 11.5. The minimum Gasteiger partial charge on any atom is -0.491 e. The lowest BCUT2D eigenvalue weighted by molar-refractivity contribution is -0.143. The van der Waals surface area contributed by atoms with Gasteiger partial charge < -0.3 is 9.84 Å². The number of hydrogen-bond donors (Lipinski definition) is 1. The second kappa shape index (κ2) is 10.7. The van der Waals surface area contributed by atoms with Crippen LogP contribution in [-0.4, -0.2) is 17.2 Å². The highest BCUT2D eigenvalue weighted by atomic mass is 16.5. The highest BCUT2D eigenvalue weighted by Gasteiger charge is 2.34. The molecule has 2 aromatic carbocycles. The average molecular weight is 409 g/mol. The van der Waals surface area contributed by atoms with Crippen molar-refractivity contribution in [2.24, 2.45) is 11.8 Å². The SMILES string of the molecule is CC[C@H]1CC[C@@H](C(=O)O)CC1c1ccc(O[C@@H](C)CCCc2ccccc2)cc1C. The molecule has 1 fully saturated rings. The average Bonchev–Trinajstić information content (AvgIpc) is 2.74. The van der Waals surface area contributed by atoms with Crippen LogP contribution in [0, 0.1) is 18.8 Å². The van der Waals surface area contributed by atoms with Crippen molar-refractivity contribution in [3.8, 4) is 5.75 Å². The molecular formula is C27H36O3. The molecule has 1 unspecified atom stereocenters. The lowest BCUT2D eigenvalue weighted by Crippen LogP contribution is -2.28. The largest absolute Gasteiger partial charge is 0.491 e. The van der Waals surface area contributed by atoms with E-state index in [4.69, 9.17) is 4.74 Å². The lowest BCUT2D eigenvalue weighted by Gasteiger charge is -2.35. The van der Waals surface area contributed by atoms with E-state index < -0.39 is 5.97 Å². The van der Waals surface area contributed by atoms with Gasteiger partial charge in [0.25, 0.3) is 0 Å². The Morgan fingerprint density at radius 1 is 1.17 bits per heavy atom. The lowest BCUT2D eigenvalue weighted by atomic mass is 9.69. The minimum absolute atomic E-state index is 0.174. The fourth-order valence-electron chi connectivity index (χ4n) is 4.99. The van der Waals surface area contributed by atoms with Crippen molar-refractivity contribution in [3.05, 3.63) is 65.2 Å². The summed E-state index contributed by atoms with van der Waals surface area (Å²) < 4.78 is 6.19. The molecule has 30 heavy (non-hydrogen) atoms. The molecule has 4 atom stereocenters. The van der Waals surface area contributed by atoms with Crippen molar-refractivity contribution in [1.29, 1.82) is 0 Å². The zero-order valence-corrected chi connectivity index (χ0v) is 18.6. The van der Waals surface area contributed by atoms with Gasteiger partial charge >= 0.3 is 5.97 Å². The molecule has 0 heterocycles. The maximum Gasteiger partial charge on any atom is 0.306 e. The van der Waals surface area contributed by atoms with Gasteiger partial charge in [-0.1, -0.05) is 49.7 Å². The summed E-state index contributed by atoms with van der Waals surface area (Å²) in [6.07, 6.45) is 7.07. The van der Waals surface area contributed by atoms with Crippen LogP contribution in [0.1, 0.15) is 75.0 Å². The molecule has 1 N–H and O–H groups in total. The molecule has 1 aliphatic carbocycles. The standard InChI is InChI=1S/C27H36O3/c1-4-22-13-14-23(27(28)29)18-26(22)25-16-15-24(17-19(25)2)30-20(3)9-8-12-21-10-6-5-7-11-21/h5-7,10-11,15-17,20,22-23,26H,4,8-9,12-14,18H2,1-3H3,(H,28,29)/t20-,22-,23+,26?/m0/s1. The Labute approximate surface area is 181 Å². The number of aliphatic carboxylic acids is 1. The van der Waals surface area contributed by atoms with Crippen molar-refractivity contribution >= 4 is 5.97 Å². The van der Waals surface area contributed by atoms with Gasteiger partial charge in [0.05, 0.1) is 12.0 Å². The van der Waals surface area contributed by atoms with Crippen LogP contribution in [0.25, 0.3) is 0 Å². The Balaban J connectivity index is 1.59. The zero-order chi connectivity index (χ0) is 21.5. The Morgan fingerprint density at radius 3 is 2.60 bits per heavy atom. The van der Waals surface area contributed by atoms with E-state index in [1.165, 1.54) is 16.7 Å². The van der Waals surface area contributed by atoms with E-state index >= 15 is 0 Å². The number of carboxylic acid groups (broad SMARTS) is 1. The summed E-state index contributed by atoms with van der Waals surface area (Å²) >= 11 is 0. The fourth-order valence-corrected chi connectivity index (χ4v) is 4.99. The van der Waals surface area contributed by atoms with Crippen LogP contribution in [0.2, 0.25) is 0 Å². The van der Waals surface area contributed by atoms with E-state index in [-0.39, 0.29) is 12.0 Å². The summed E-state index contributed by atoms with van der Waals surface area (Å²) in [7, 11) is 0. The van der Waals surface area contributed by atoms with Gasteiger partial charge in [-0.25, -0.2) is 0 Å². The molecule has 3 nitrogen and oxygen atoms in total. The molecule has 3 heteroatoms. The Bertz CT molecular complexity index is 814. The van der Waals surface area contributed by atoms with Gasteiger partial charge in [0, 0.05) is 0 Å². The first-order valence-electron chi connectivity index (χ1n) is 11.5. The first-order chi connectivity index (χ1) is 14.5. The second-order valence-electron chi connectivity index (χ2n) is 8.95. The molecule has 0 spiro atoms. The highest BCUT2D eigenvalue weighted by molar-refractivity contribution is 5.70. The van der Waals surface area contributed by atoms with Crippen molar-refractivity contribution < 1.29 is 14.6 Å². The van der Waals surface area contributed by atoms with Gasteiger partial charge in [0.2, 0.25) is 0 Å². The van der Waals surface area contributed by atoms with Crippen LogP contribution < -0.4 is 4.74 Å². The number of aryl methyl sites for hydroxylation is 2. The predicted octanol–water partition coefficient (Wildman–Crippen LogP) is 6.78. The Morgan fingerprint density at radius 2 is 1.93 bits per heavy atom. The summed E-state index contributed by atoms with van der Waals surface area (Å²) in [5.41, 5.74) is 3.90. The quantitative estimate of drug-likeness (QED) is 0.497. The van der Waals surface area contributed by atoms with Crippen LogP contribution in [-0.2, 0) is 11.2 Å². The molecule has 0 saturated heterocycles. The molecule has 0 aliphatic heterocycles. The number of rotatable bonds is 9. The number of carboxylic acids is 1. The molecule has 0 radical (unpaired) electrons. The third-order valence-corrected chi connectivity index (χ3v) is 6.76. The molecule has 0 bridgehead atoms. The van der Waals surface area contributed by atoms with E-state index in [9.17, 15) is 9.90 Å². The molecule has 1 aliphatic rings. The van der Waals surface area contributed by atoms with E-state index in [0.717, 1.165) is 50.7 Å². The van der Waals surface area contributed by atoms with Crippen LogP contribution in [0.4, 0.5) is 0 Å². The van der Waals surface area contributed by atoms with Crippen molar-refractivity contribution in [2.75, 3.05) is 0 Å². The summed E-state index contributed by atoms with van der Waals surface area (Å²) in [5, 5.41) is 9.50. The smallest absolute Gasteiger partial charge is 0.306 e. The summed E-state index contributed by atoms with van der Waals surface area (Å²) in [5.74, 6) is 0.974. The zero-order valence-electron chi connectivity index (χ0n) is 18.6. The maximum atomic E-state index is 11.5. The topological polar surface area (TPSA) is 46.5 Å². The minimum atomic E-state index is -0.642. The summed E-state index contributed by atoms with van der Waals surface area (Å²) in [6, 6.07) is 17.0. The normalized spacial score (nSPS) is 22.4. The summed E-state index contributed by atoms with van der Waals surface area (Å²) in [6.45, 7) is 6.50. The van der Waals surface area contributed by atoms with E-state index in [2.05, 4.69) is 69.3 Å². The predicted molar refractivity (Wildman–Crippen MR) is 122 cm³/mol. The van der Waals surface area contributed by atoms with Gasteiger partial charge in [-0.3, -0.25) is 4.79 Å². The van der Waals surface area contributed by atoms with Crippen molar-refractivity contribution in [1.82, 2.24) is 0 Å². The number of ether oxygens (including phenoxy) is 1. The molecule has 3 rings (SSSR count). The third-order valence-electron chi connectivity index (χ3n) is 6.76. The van der Waals surface area contributed by atoms with E-state index in [0.29, 0.717) is 11.8 Å². The molecule has 0 aromatic heterocycles. The van der Waals surface area contributed by atoms with Crippen LogP contribution in [0.15, 0.2) is 48.5 Å².